The first-order chi connectivity index (χ1) is 11.7. The number of para-hydroxylation sites is 1. The summed E-state index contributed by atoms with van der Waals surface area (Å²) in [6.45, 7) is 0.661. The molecule has 1 saturated heterocycles. The normalized spacial score (nSPS) is 21.1. The molecule has 0 bridgehead atoms. The molecular weight excluding hydrogens is 348 g/mol. The zero-order valence-corrected chi connectivity index (χ0v) is 14.5. The Bertz CT molecular complexity index is 814. The van der Waals surface area contributed by atoms with E-state index < -0.39 is 40.5 Å². The molecule has 0 aliphatic carbocycles. The average molecular weight is 366 g/mol. The number of sulfone groups is 1. The van der Waals surface area contributed by atoms with Gasteiger partial charge in [0.15, 0.2) is 23.1 Å². The molecule has 1 N–H and O–H groups in total. The quantitative estimate of drug-likeness (QED) is 0.712. The average Bonchev–Trinajstić information content (AvgIpc) is 2.84. The molecule has 9 heteroatoms. The minimum absolute atomic E-state index is 0.0235. The molecule has 1 aromatic carbocycles. The Balaban J connectivity index is 1.76. The van der Waals surface area contributed by atoms with Gasteiger partial charge in [0.1, 0.15) is 11.8 Å². The minimum atomic E-state index is -3.15. The third kappa shape index (κ3) is 5.46. The molecule has 0 unspecified atom stereocenters. The van der Waals surface area contributed by atoms with Crippen LogP contribution in [0.4, 0.5) is 0 Å². The fourth-order valence-electron chi connectivity index (χ4n) is 2.49. The summed E-state index contributed by atoms with van der Waals surface area (Å²) in [5, 5.41) is 11.5. The molecule has 1 amide bonds. The van der Waals surface area contributed by atoms with E-state index in [-0.39, 0.29) is 22.8 Å². The van der Waals surface area contributed by atoms with Crippen LogP contribution in [0.25, 0.3) is 0 Å². The van der Waals surface area contributed by atoms with Crippen LogP contribution in [-0.4, -0.2) is 50.6 Å². The highest BCUT2D eigenvalue weighted by Crippen LogP contribution is 2.22. The van der Waals surface area contributed by atoms with E-state index in [1.807, 2.05) is 6.07 Å². The maximum absolute atomic E-state index is 11.8. The number of benzene rings is 1. The lowest BCUT2D eigenvalue weighted by molar-refractivity contribution is -0.150. The van der Waals surface area contributed by atoms with Gasteiger partial charge in [-0.3, -0.25) is 4.79 Å². The Kier molecular flexibility index (Phi) is 5.64. The third-order valence-electron chi connectivity index (χ3n) is 3.66. The topological polar surface area (TPSA) is 123 Å². The number of amides is 1. The maximum Gasteiger partial charge on any atom is 0.344 e. The number of rotatable bonds is 6. The number of hydrogen-bond acceptors (Lipinski definition) is 7. The molecule has 1 aliphatic rings. The number of hydrogen-bond donors (Lipinski definition) is 1. The highest BCUT2D eigenvalue weighted by molar-refractivity contribution is 7.91. The number of nitrogens with one attached hydrogen (secondary N) is 1. The van der Waals surface area contributed by atoms with Gasteiger partial charge in [-0.15, -0.1) is 0 Å². The number of carbonyl (C=O) groups is 2. The van der Waals surface area contributed by atoms with Crippen LogP contribution in [0.15, 0.2) is 24.3 Å². The van der Waals surface area contributed by atoms with E-state index in [9.17, 15) is 18.0 Å². The summed E-state index contributed by atoms with van der Waals surface area (Å²) in [4.78, 5) is 23.5. The number of esters is 1. The van der Waals surface area contributed by atoms with Gasteiger partial charge in [0.25, 0.3) is 5.91 Å². The lowest BCUT2D eigenvalue weighted by Crippen LogP contribution is -2.48. The lowest BCUT2D eigenvalue weighted by atomic mass is 10.0. The van der Waals surface area contributed by atoms with Gasteiger partial charge in [0.2, 0.25) is 0 Å². The van der Waals surface area contributed by atoms with Crippen molar-refractivity contribution < 1.29 is 27.5 Å². The smallest absolute Gasteiger partial charge is 0.344 e. The van der Waals surface area contributed by atoms with Crippen LogP contribution in [-0.2, 0) is 24.2 Å². The van der Waals surface area contributed by atoms with Crippen molar-refractivity contribution in [3.05, 3.63) is 29.8 Å². The summed E-state index contributed by atoms with van der Waals surface area (Å²) >= 11 is 0. The SMILES string of the molecule is C[C@@]1(NC(=O)COC(=O)COc2ccccc2C#N)CCS(=O)(=O)C1. The van der Waals surface area contributed by atoms with Crippen molar-refractivity contribution in [3.8, 4) is 11.8 Å². The van der Waals surface area contributed by atoms with Crippen LogP contribution in [0.3, 0.4) is 0 Å². The van der Waals surface area contributed by atoms with Crippen molar-refractivity contribution in [1.29, 1.82) is 5.26 Å². The highest BCUT2D eigenvalue weighted by atomic mass is 32.2. The van der Waals surface area contributed by atoms with Gasteiger partial charge >= 0.3 is 5.97 Å². The van der Waals surface area contributed by atoms with Crippen molar-refractivity contribution in [3.63, 3.8) is 0 Å². The molecule has 1 heterocycles. The summed E-state index contributed by atoms with van der Waals surface area (Å²) in [6.07, 6.45) is 0.322. The van der Waals surface area contributed by atoms with Crippen molar-refractivity contribution >= 4 is 21.7 Å². The summed E-state index contributed by atoms with van der Waals surface area (Å²) in [6, 6.07) is 8.34. The van der Waals surface area contributed by atoms with Crippen LogP contribution in [0, 0.1) is 11.3 Å². The van der Waals surface area contributed by atoms with E-state index in [1.165, 1.54) is 0 Å². The van der Waals surface area contributed by atoms with Gasteiger partial charge in [-0.2, -0.15) is 5.26 Å². The predicted octanol–water partition coefficient (Wildman–Crippen LogP) is 0.174. The molecule has 0 saturated carbocycles. The van der Waals surface area contributed by atoms with E-state index in [4.69, 9.17) is 14.7 Å². The van der Waals surface area contributed by atoms with E-state index in [1.54, 1.807) is 31.2 Å². The van der Waals surface area contributed by atoms with Crippen molar-refractivity contribution in [2.45, 2.75) is 18.9 Å². The van der Waals surface area contributed by atoms with Gasteiger partial charge in [-0.05, 0) is 25.5 Å². The molecule has 0 spiro atoms. The number of ether oxygens (including phenoxy) is 2. The summed E-state index contributed by atoms with van der Waals surface area (Å²) in [5.74, 6) is -1.21. The van der Waals surface area contributed by atoms with Crippen LogP contribution in [0.5, 0.6) is 5.75 Å². The molecule has 8 nitrogen and oxygen atoms in total. The standard InChI is InChI=1S/C16H18N2O6S/c1-16(6-7-25(21,22)11-16)18-14(19)9-24-15(20)10-23-13-5-3-2-4-12(13)8-17/h2-5H,6-7,9-11H2,1H3,(H,18,19)/t16-/m1/s1. The van der Waals surface area contributed by atoms with E-state index in [2.05, 4.69) is 5.32 Å². The second-order valence-corrected chi connectivity index (χ2v) is 8.19. The number of nitrogens with zero attached hydrogens (tertiary/aromatic N) is 1. The molecule has 0 radical (unpaired) electrons. The fourth-order valence-corrected chi connectivity index (χ4v) is 4.58. The van der Waals surface area contributed by atoms with Crippen molar-refractivity contribution in [2.24, 2.45) is 0 Å². The third-order valence-corrected chi connectivity index (χ3v) is 5.56. The summed E-state index contributed by atoms with van der Waals surface area (Å²) in [5.41, 5.74) is -0.562. The molecule has 1 atom stereocenters. The number of carbonyl (C=O) groups excluding carboxylic acids is 2. The second kappa shape index (κ2) is 7.53. The monoisotopic (exact) mass is 366 g/mol. The molecular formula is C16H18N2O6S. The van der Waals surface area contributed by atoms with Crippen LogP contribution < -0.4 is 10.1 Å². The largest absolute Gasteiger partial charge is 0.481 e. The Morgan fingerprint density at radius 2 is 2.04 bits per heavy atom. The first-order valence-corrected chi connectivity index (χ1v) is 9.34. The Hall–Kier alpha value is -2.60. The summed E-state index contributed by atoms with van der Waals surface area (Å²) in [7, 11) is -3.15. The van der Waals surface area contributed by atoms with Crippen molar-refractivity contribution in [1.82, 2.24) is 5.32 Å². The Labute approximate surface area is 145 Å². The molecule has 1 aliphatic heterocycles. The fraction of sp³-hybridized carbons (Fsp3) is 0.438. The second-order valence-electron chi connectivity index (χ2n) is 6.01. The van der Waals surface area contributed by atoms with Gasteiger partial charge in [-0.1, -0.05) is 12.1 Å². The molecule has 2 rings (SSSR count). The first-order valence-electron chi connectivity index (χ1n) is 7.52. The van der Waals surface area contributed by atoms with Gasteiger partial charge < -0.3 is 14.8 Å². The van der Waals surface area contributed by atoms with Crippen LogP contribution in [0.1, 0.15) is 18.9 Å². The first kappa shape index (κ1) is 18.7. The lowest BCUT2D eigenvalue weighted by Gasteiger charge is -2.23. The van der Waals surface area contributed by atoms with Gasteiger partial charge in [0.05, 0.1) is 22.6 Å². The zero-order valence-electron chi connectivity index (χ0n) is 13.6. The molecule has 1 aromatic rings. The zero-order chi connectivity index (χ0) is 18.5. The maximum atomic E-state index is 11.8. The van der Waals surface area contributed by atoms with Crippen molar-refractivity contribution in [2.75, 3.05) is 24.7 Å². The minimum Gasteiger partial charge on any atom is -0.481 e. The highest BCUT2D eigenvalue weighted by Gasteiger charge is 2.39. The predicted molar refractivity (Wildman–Crippen MR) is 87.4 cm³/mol. The Morgan fingerprint density at radius 3 is 2.68 bits per heavy atom. The molecule has 134 valence electrons. The molecule has 1 fully saturated rings. The summed E-state index contributed by atoms with van der Waals surface area (Å²) < 4.78 is 33.0. The van der Waals surface area contributed by atoms with E-state index in [0.717, 1.165) is 0 Å². The van der Waals surface area contributed by atoms with Crippen LogP contribution >= 0.6 is 0 Å². The van der Waals surface area contributed by atoms with Gasteiger partial charge in [-0.25, -0.2) is 13.2 Å². The molecule has 0 aromatic heterocycles. The van der Waals surface area contributed by atoms with E-state index >= 15 is 0 Å². The Morgan fingerprint density at radius 1 is 1.32 bits per heavy atom. The van der Waals surface area contributed by atoms with E-state index in [0.29, 0.717) is 6.42 Å². The number of nitriles is 1. The van der Waals surface area contributed by atoms with Crippen LogP contribution in [0.2, 0.25) is 0 Å². The van der Waals surface area contributed by atoms with Gasteiger partial charge in [0, 0.05) is 0 Å². The molecule has 25 heavy (non-hydrogen) atoms.